The second kappa shape index (κ2) is 8.48. The van der Waals surface area contributed by atoms with Crippen molar-refractivity contribution >= 4 is 39.1 Å². The molecule has 7 nitrogen and oxygen atoms in total. The van der Waals surface area contributed by atoms with Gasteiger partial charge in [0.25, 0.3) is 5.91 Å². The molecule has 0 saturated carbocycles. The molecule has 8 heteroatoms. The molecular formula is C18H21BrN4O3. The largest absolute Gasteiger partial charge is 0.379 e. The summed E-state index contributed by atoms with van der Waals surface area (Å²) >= 11 is 3.35. The van der Waals surface area contributed by atoms with E-state index in [1.165, 1.54) is 0 Å². The van der Waals surface area contributed by atoms with Crippen LogP contribution in [0.1, 0.15) is 10.5 Å². The fourth-order valence-electron chi connectivity index (χ4n) is 2.74. The van der Waals surface area contributed by atoms with E-state index in [9.17, 15) is 9.59 Å². The van der Waals surface area contributed by atoms with Crippen molar-refractivity contribution in [3.63, 3.8) is 0 Å². The molecule has 1 aromatic heterocycles. The molecule has 3 rings (SSSR count). The monoisotopic (exact) mass is 420 g/mol. The third kappa shape index (κ3) is 4.94. The molecule has 1 aliphatic rings. The van der Waals surface area contributed by atoms with Crippen molar-refractivity contribution in [1.82, 2.24) is 9.47 Å². The first kappa shape index (κ1) is 18.6. The van der Waals surface area contributed by atoms with E-state index in [2.05, 4.69) is 31.5 Å². The summed E-state index contributed by atoms with van der Waals surface area (Å²) in [5, 5.41) is 5.71. The number of nitrogens with zero attached hydrogens (tertiary/aromatic N) is 2. The van der Waals surface area contributed by atoms with Crippen molar-refractivity contribution in [2.45, 2.75) is 0 Å². The van der Waals surface area contributed by atoms with E-state index in [0.29, 0.717) is 36.8 Å². The van der Waals surface area contributed by atoms with Gasteiger partial charge in [-0.3, -0.25) is 14.5 Å². The van der Waals surface area contributed by atoms with Gasteiger partial charge < -0.3 is 19.9 Å². The number of anilines is 2. The van der Waals surface area contributed by atoms with Gasteiger partial charge >= 0.3 is 0 Å². The fourth-order valence-corrected chi connectivity index (χ4v) is 3.27. The molecule has 0 spiro atoms. The van der Waals surface area contributed by atoms with Crippen LogP contribution in [0, 0.1) is 0 Å². The molecule has 0 aliphatic carbocycles. The van der Waals surface area contributed by atoms with Gasteiger partial charge in [-0.25, -0.2) is 0 Å². The number of halogens is 1. The lowest BCUT2D eigenvalue weighted by atomic mass is 10.2. The van der Waals surface area contributed by atoms with E-state index in [4.69, 9.17) is 4.74 Å². The van der Waals surface area contributed by atoms with E-state index in [-0.39, 0.29) is 11.8 Å². The number of carbonyl (C=O) groups excluding carboxylic acids is 2. The third-order valence-electron chi connectivity index (χ3n) is 4.10. The van der Waals surface area contributed by atoms with Crippen LogP contribution in [-0.2, 0) is 16.6 Å². The standard InChI is InChI=1S/C18H21BrN4O3/c1-22-11-13(19)10-16(22)18(25)21-15-4-2-14(3-5-15)20-17(24)12-23-6-8-26-9-7-23/h2-5,10-11H,6-9,12H2,1H3,(H,20,24)(H,21,25). The molecule has 0 unspecified atom stereocenters. The van der Waals surface area contributed by atoms with Crippen molar-refractivity contribution < 1.29 is 14.3 Å². The van der Waals surface area contributed by atoms with Crippen molar-refractivity contribution in [3.05, 3.63) is 46.7 Å². The smallest absolute Gasteiger partial charge is 0.272 e. The van der Waals surface area contributed by atoms with Gasteiger partial charge in [0.05, 0.1) is 19.8 Å². The second-order valence-corrected chi connectivity index (χ2v) is 7.04. The number of aromatic nitrogens is 1. The molecule has 1 aliphatic heterocycles. The Balaban J connectivity index is 1.53. The first-order valence-electron chi connectivity index (χ1n) is 8.34. The Bertz CT molecular complexity index is 782. The molecule has 138 valence electrons. The van der Waals surface area contributed by atoms with Gasteiger partial charge in [0.1, 0.15) is 5.69 Å². The highest BCUT2D eigenvalue weighted by Crippen LogP contribution is 2.17. The molecule has 1 aromatic carbocycles. The Morgan fingerprint density at radius 2 is 1.73 bits per heavy atom. The summed E-state index contributed by atoms with van der Waals surface area (Å²) in [6.07, 6.45) is 1.82. The first-order chi connectivity index (χ1) is 12.5. The topological polar surface area (TPSA) is 75.6 Å². The van der Waals surface area contributed by atoms with Crippen molar-refractivity contribution in [3.8, 4) is 0 Å². The molecule has 2 N–H and O–H groups in total. The lowest BCUT2D eigenvalue weighted by molar-refractivity contribution is -0.118. The number of hydrogen-bond donors (Lipinski definition) is 2. The molecule has 2 aromatic rings. The Labute approximate surface area is 160 Å². The highest BCUT2D eigenvalue weighted by molar-refractivity contribution is 9.10. The molecule has 0 bridgehead atoms. The number of amides is 2. The van der Waals surface area contributed by atoms with Crippen LogP contribution in [0.15, 0.2) is 41.0 Å². The number of hydrogen-bond acceptors (Lipinski definition) is 4. The summed E-state index contributed by atoms with van der Waals surface area (Å²) in [4.78, 5) is 26.5. The van der Waals surface area contributed by atoms with E-state index in [1.54, 1.807) is 34.9 Å². The van der Waals surface area contributed by atoms with Gasteiger partial charge in [-0.2, -0.15) is 0 Å². The minimum Gasteiger partial charge on any atom is -0.379 e. The van der Waals surface area contributed by atoms with E-state index in [1.807, 2.05) is 13.2 Å². The van der Waals surface area contributed by atoms with Gasteiger partial charge in [-0.15, -0.1) is 0 Å². The van der Waals surface area contributed by atoms with E-state index in [0.717, 1.165) is 17.6 Å². The summed E-state index contributed by atoms with van der Waals surface area (Å²) in [5.74, 6) is -0.250. The molecule has 0 atom stereocenters. The molecule has 2 amide bonds. The van der Waals surface area contributed by atoms with Crippen LogP contribution in [0.2, 0.25) is 0 Å². The summed E-state index contributed by atoms with van der Waals surface area (Å²) in [7, 11) is 1.81. The Kier molecular flexibility index (Phi) is 6.08. The Morgan fingerprint density at radius 3 is 2.31 bits per heavy atom. The van der Waals surface area contributed by atoms with Crippen molar-refractivity contribution in [1.29, 1.82) is 0 Å². The number of carbonyl (C=O) groups is 2. The van der Waals surface area contributed by atoms with Crippen molar-refractivity contribution in [2.75, 3.05) is 43.5 Å². The summed E-state index contributed by atoms with van der Waals surface area (Å²) in [6.45, 7) is 3.23. The van der Waals surface area contributed by atoms with Crippen molar-refractivity contribution in [2.24, 2.45) is 7.05 Å². The average molecular weight is 421 g/mol. The molecule has 0 radical (unpaired) electrons. The van der Waals surface area contributed by atoms with Crippen LogP contribution in [0.4, 0.5) is 11.4 Å². The van der Waals surface area contributed by atoms with Gasteiger partial charge in [0.15, 0.2) is 0 Å². The van der Waals surface area contributed by atoms with Crippen LogP contribution < -0.4 is 10.6 Å². The van der Waals surface area contributed by atoms with Crippen LogP contribution in [0.3, 0.4) is 0 Å². The normalized spacial score (nSPS) is 14.8. The number of benzene rings is 1. The lowest BCUT2D eigenvalue weighted by Crippen LogP contribution is -2.41. The molecular weight excluding hydrogens is 400 g/mol. The number of ether oxygens (including phenoxy) is 1. The van der Waals surface area contributed by atoms with Gasteiger partial charge in [-0.05, 0) is 46.3 Å². The van der Waals surface area contributed by atoms with Gasteiger partial charge in [-0.1, -0.05) is 0 Å². The van der Waals surface area contributed by atoms with Crippen LogP contribution in [0.5, 0.6) is 0 Å². The molecule has 26 heavy (non-hydrogen) atoms. The number of morpholine rings is 1. The number of aryl methyl sites for hydroxylation is 1. The molecule has 2 heterocycles. The summed E-state index contributed by atoms with van der Waals surface area (Å²) in [6, 6.07) is 8.83. The minimum absolute atomic E-state index is 0.0580. The quantitative estimate of drug-likeness (QED) is 0.777. The zero-order valence-corrected chi connectivity index (χ0v) is 16.1. The summed E-state index contributed by atoms with van der Waals surface area (Å²) < 4.78 is 7.87. The number of rotatable bonds is 5. The maximum absolute atomic E-state index is 12.3. The minimum atomic E-state index is -0.192. The fraction of sp³-hybridized carbons (Fsp3) is 0.333. The number of nitrogens with one attached hydrogen (secondary N) is 2. The average Bonchev–Trinajstić information content (AvgIpc) is 2.96. The SMILES string of the molecule is Cn1cc(Br)cc1C(=O)Nc1ccc(NC(=O)CN2CCOCC2)cc1. The van der Waals surface area contributed by atoms with E-state index < -0.39 is 0 Å². The first-order valence-corrected chi connectivity index (χ1v) is 9.14. The highest BCUT2D eigenvalue weighted by atomic mass is 79.9. The lowest BCUT2D eigenvalue weighted by Gasteiger charge is -2.25. The molecule has 1 saturated heterocycles. The predicted octanol–water partition coefficient (Wildman–Crippen LogP) is 2.31. The Morgan fingerprint density at radius 1 is 1.12 bits per heavy atom. The van der Waals surface area contributed by atoms with E-state index >= 15 is 0 Å². The zero-order chi connectivity index (χ0) is 18.5. The van der Waals surface area contributed by atoms with Crippen LogP contribution >= 0.6 is 15.9 Å². The maximum Gasteiger partial charge on any atom is 0.272 e. The highest BCUT2D eigenvalue weighted by Gasteiger charge is 2.14. The summed E-state index contributed by atoms with van der Waals surface area (Å²) in [5.41, 5.74) is 1.92. The van der Waals surface area contributed by atoms with Gasteiger partial charge in [0, 0.05) is 42.2 Å². The maximum atomic E-state index is 12.3. The molecule has 1 fully saturated rings. The van der Waals surface area contributed by atoms with Crippen LogP contribution in [0.25, 0.3) is 0 Å². The zero-order valence-electron chi connectivity index (χ0n) is 14.5. The van der Waals surface area contributed by atoms with Gasteiger partial charge in [0.2, 0.25) is 5.91 Å². The van der Waals surface area contributed by atoms with Crippen LogP contribution in [-0.4, -0.2) is 54.1 Å². The predicted molar refractivity (Wildman–Crippen MR) is 103 cm³/mol. The second-order valence-electron chi connectivity index (χ2n) is 6.12. The Hall–Kier alpha value is -2.16. The third-order valence-corrected chi connectivity index (χ3v) is 4.54.